The first kappa shape index (κ1) is 14.4. The molecule has 1 aliphatic carbocycles. The lowest BCUT2D eigenvalue weighted by atomic mass is 9.86. The number of amides is 1. The number of carbonyl (C=O) groups is 1. The highest BCUT2D eigenvalue weighted by atomic mass is 35.5. The van der Waals surface area contributed by atoms with Gasteiger partial charge in [0.2, 0.25) is 0 Å². The quantitative estimate of drug-likeness (QED) is 0.790. The molecular formula is C16H22ClNO. The molecule has 0 saturated heterocycles. The van der Waals surface area contributed by atoms with Gasteiger partial charge in [-0.25, -0.2) is 0 Å². The van der Waals surface area contributed by atoms with Crippen molar-refractivity contribution >= 4 is 17.5 Å². The van der Waals surface area contributed by atoms with Gasteiger partial charge in [0.1, 0.15) is 0 Å². The van der Waals surface area contributed by atoms with E-state index in [0.717, 1.165) is 24.3 Å². The van der Waals surface area contributed by atoms with Gasteiger partial charge in [-0.2, -0.15) is 0 Å². The minimum Gasteiger partial charge on any atom is -0.339 e. The third-order valence-corrected chi connectivity index (χ3v) is 4.68. The maximum atomic E-state index is 12.5. The second-order valence-corrected chi connectivity index (χ2v) is 6.20. The van der Waals surface area contributed by atoms with Gasteiger partial charge in [0.25, 0.3) is 5.91 Å². The van der Waals surface area contributed by atoms with Crippen LogP contribution < -0.4 is 0 Å². The summed E-state index contributed by atoms with van der Waals surface area (Å²) < 4.78 is 0. The SMILES string of the molecule is Cc1ccc(C(=O)N(C)C2CCC(C)CC2)cc1Cl. The zero-order chi connectivity index (χ0) is 14.0. The lowest BCUT2D eigenvalue weighted by molar-refractivity contribution is 0.0679. The molecule has 1 saturated carbocycles. The number of halogens is 1. The molecular weight excluding hydrogens is 258 g/mol. The molecule has 0 atom stereocenters. The van der Waals surface area contributed by atoms with Gasteiger partial charge in [0, 0.05) is 23.7 Å². The van der Waals surface area contributed by atoms with Gasteiger partial charge >= 0.3 is 0 Å². The smallest absolute Gasteiger partial charge is 0.253 e. The van der Waals surface area contributed by atoms with Crippen LogP contribution in [0.3, 0.4) is 0 Å². The number of rotatable bonds is 2. The normalized spacial score (nSPS) is 23.2. The standard InChI is InChI=1S/C16H22ClNO/c1-11-4-8-14(9-5-11)18(3)16(19)13-7-6-12(2)15(17)10-13/h6-7,10-11,14H,4-5,8-9H2,1-3H3. The van der Waals surface area contributed by atoms with E-state index in [9.17, 15) is 4.79 Å². The van der Waals surface area contributed by atoms with E-state index in [0.29, 0.717) is 16.6 Å². The summed E-state index contributed by atoms with van der Waals surface area (Å²) in [6.07, 6.45) is 4.67. The highest BCUT2D eigenvalue weighted by molar-refractivity contribution is 6.31. The summed E-state index contributed by atoms with van der Waals surface area (Å²) in [6.45, 7) is 4.24. The minimum absolute atomic E-state index is 0.0847. The van der Waals surface area contributed by atoms with Crippen molar-refractivity contribution in [3.8, 4) is 0 Å². The first-order valence-corrected chi connectivity index (χ1v) is 7.40. The van der Waals surface area contributed by atoms with E-state index in [1.807, 2.05) is 31.0 Å². The number of aryl methyl sites for hydroxylation is 1. The van der Waals surface area contributed by atoms with Crippen LogP contribution in [0.4, 0.5) is 0 Å². The molecule has 1 aromatic carbocycles. The Kier molecular flexibility index (Phi) is 4.51. The second-order valence-electron chi connectivity index (χ2n) is 5.79. The Morgan fingerprint density at radius 2 is 1.89 bits per heavy atom. The van der Waals surface area contributed by atoms with Crippen molar-refractivity contribution in [3.05, 3.63) is 34.3 Å². The topological polar surface area (TPSA) is 20.3 Å². The van der Waals surface area contributed by atoms with Crippen LogP contribution in [0.5, 0.6) is 0 Å². The summed E-state index contributed by atoms with van der Waals surface area (Å²) >= 11 is 6.10. The fraction of sp³-hybridized carbons (Fsp3) is 0.562. The largest absolute Gasteiger partial charge is 0.339 e. The van der Waals surface area contributed by atoms with E-state index in [2.05, 4.69) is 6.92 Å². The van der Waals surface area contributed by atoms with Gasteiger partial charge < -0.3 is 4.90 Å². The van der Waals surface area contributed by atoms with Crippen molar-refractivity contribution < 1.29 is 4.79 Å². The average molecular weight is 280 g/mol. The summed E-state index contributed by atoms with van der Waals surface area (Å²) in [6, 6.07) is 5.93. The van der Waals surface area contributed by atoms with E-state index < -0.39 is 0 Å². The first-order valence-electron chi connectivity index (χ1n) is 7.02. The summed E-state index contributed by atoms with van der Waals surface area (Å²) in [5, 5.41) is 0.663. The predicted molar refractivity (Wildman–Crippen MR) is 79.7 cm³/mol. The van der Waals surface area contributed by atoms with Gasteiger partial charge in [-0.05, 0) is 56.2 Å². The van der Waals surface area contributed by atoms with E-state index in [1.165, 1.54) is 12.8 Å². The summed E-state index contributed by atoms with van der Waals surface area (Å²) in [7, 11) is 1.91. The van der Waals surface area contributed by atoms with Gasteiger partial charge in [-0.1, -0.05) is 24.6 Å². The molecule has 1 aliphatic rings. The highest BCUT2D eigenvalue weighted by Crippen LogP contribution is 2.27. The van der Waals surface area contributed by atoms with Crippen LogP contribution in [-0.4, -0.2) is 23.9 Å². The molecule has 3 heteroatoms. The lowest BCUT2D eigenvalue weighted by Gasteiger charge is -2.33. The van der Waals surface area contributed by atoms with E-state index >= 15 is 0 Å². The Labute approximate surface area is 120 Å². The average Bonchev–Trinajstić information content (AvgIpc) is 2.41. The number of hydrogen-bond acceptors (Lipinski definition) is 1. The first-order chi connectivity index (χ1) is 8.99. The monoisotopic (exact) mass is 279 g/mol. The van der Waals surface area contributed by atoms with Crippen molar-refractivity contribution in [2.45, 2.75) is 45.6 Å². The molecule has 0 aliphatic heterocycles. The fourth-order valence-corrected chi connectivity index (χ4v) is 2.91. The molecule has 0 aromatic heterocycles. The number of hydrogen-bond donors (Lipinski definition) is 0. The fourth-order valence-electron chi connectivity index (χ4n) is 2.73. The molecule has 2 nitrogen and oxygen atoms in total. The van der Waals surface area contributed by atoms with E-state index in [4.69, 9.17) is 11.6 Å². The third-order valence-electron chi connectivity index (χ3n) is 4.27. The molecule has 1 aromatic rings. The molecule has 0 bridgehead atoms. The Hall–Kier alpha value is -1.02. The molecule has 0 N–H and O–H groups in total. The van der Waals surface area contributed by atoms with Crippen molar-refractivity contribution in [1.82, 2.24) is 4.90 Å². The number of benzene rings is 1. The molecule has 0 radical (unpaired) electrons. The number of nitrogens with zero attached hydrogens (tertiary/aromatic N) is 1. The zero-order valence-corrected chi connectivity index (χ0v) is 12.7. The van der Waals surface area contributed by atoms with Crippen LogP contribution in [0.15, 0.2) is 18.2 Å². The summed E-state index contributed by atoms with van der Waals surface area (Å²) in [5.74, 6) is 0.884. The zero-order valence-electron chi connectivity index (χ0n) is 11.9. The van der Waals surface area contributed by atoms with Crippen molar-refractivity contribution in [2.75, 3.05) is 7.05 Å². The third kappa shape index (κ3) is 3.30. The van der Waals surface area contributed by atoms with E-state index in [-0.39, 0.29) is 5.91 Å². The van der Waals surface area contributed by atoms with Gasteiger partial charge in [-0.15, -0.1) is 0 Å². The van der Waals surface area contributed by atoms with Crippen LogP contribution in [0, 0.1) is 12.8 Å². The molecule has 0 heterocycles. The van der Waals surface area contributed by atoms with Crippen molar-refractivity contribution in [1.29, 1.82) is 0 Å². The van der Waals surface area contributed by atoms with Crippen LogP contribution >= 0.6 is 11.6 Å². The van der Waals surface area contributed by atoms with Gasteiger partial charge in [-0.3, -0.25) is 4.79 Å². The Morgan fingerprint density at radius 1 is 1.26 bits per heavy atom. The Bertz CT molecular complexity index is 464. The van der Waals surface area contributed by atoms with Gasteiger partial charge in [0.15, 0.2) is 0 Å². The Morgan fingerprint density at radius 3 is 2.47 bits per heavy atom. The maximum absolute atomic E-state index is 12.5. The van der Waals surface area contributed by atoms with Crippen molar-refractivity contribution in [3.63, 3.8) is 0 Å². The maximum Gasteiger partial charge on any atom is 0.253 e. The predicted octanol–water partition coefficient (Wildman–Crippen LogP) is 4.30. The van der Waals surface area contributed by atoms with Crippen LogP contribution in [0.25, 0.3) is 0 Å². The lowest BCUT2D eigenvalue weighted by Crippen LogP contribution is -2.39. The molecule has 2 rings (SSSR count). The minimum atomic E-state index is 0.0847. The van der Waals surface area contributed by atoms with Crippen LogP contribution in [-0.2, 0) is 0 Å². The Balaban J connectivity index is 2.08. The molecule has 1 amide bonds. The molecule has 0 unspecified atom stereocenters. The second kappa shape index (κ2) is 5.96. The van der Waals surface area contributed by atoms with Crippen molar-refractivity contribution in [2.24, 2.45) is 5.92 Å². The molecule has 104 valence electrons. The number of carbonyl (C=O) groups excluding carboxylic acids is 1. The van der Waals surface area contributed by atoms with Crippen LogP contribution in [0.1, 0.15) is 48.5 Å². The molecule has 1 fully saturated rings. The van der Waals surface area contributed by atoms with E-state index in [1.54, 1.807) is 6.07 Å². The summed E-state index contributed by atoms with van der Waals surface area (Å²) in [5.41, 5.74) is 1.70. The molecule has 19 heavy (non-hydrogen) atoms. The molecule has 0 spiro atoms. The highest BCUT2D eigenvalue weighted by Gasteiger charge is 2.25. The van der Waals surface area contributed by atoms with Gasteiger partial charge in [0.05, 0.1) is 0 Å². The summed E-state index contributed by atoms with van der Waals surface area (Å²) in [4.78, 5) is 14.4. The van der Waals surface area contributed by atoms with Crippen LogP contribution in [0.2, 0.25) is 5.02 Å².